The van der Waals surface area contributed by atoms with Crippen LogP contribution >= 0.6 is 0 Å². The summed E-state index contributed by atoms with van der Waals surface area (Å²) in [5.41, 5.74) is 0.746. The number of rotatable bonds is 7. The van der Waals surface area contributed by atoms with E-state index in [4.69, 9.17) is 4.74 Å². The molecule has 0 radical (unpaired) electrons. The molecular weight excluding hydrogens is 287 g/mol. The van der Waals surface area contributed by atoms with E-state index in [-0.39, 0.29) is 23.7 Å². The summed E-state index contributed by atoms with van der Waals surface area (Å²) >= 11 is 0. The molecule has 1 aromatic carbocycles. The first-order chi connectivity index (χ1) is 10.3. The first-order valence-corrected chi connectivity index (χ1v) is 7.41. The molecule has 22 heavy (non-hydrogen) atoms. The van der Waals surface area contributed by atoms with Gasteiger partial charge in [0.2, 0.25) is 0 Å². The molecular formula is C16H25FN2O3. The second-order valence-electron chi connectivity index (χ2n) is 5.62. The van der Waals surface area contributed by atoms with Crippen LogP contribution in [-0.2, 0) is 0 Å². The highest BCUT2D eigenvalue weighted by molar-refractivity contribution is 5.74. The first kappa shape index (κ1) is 18.2. The number of halogens is 1. The average molecular weight is 312 g/mol. The Hall–Kier alpha value is -1.82. The molecule has 2 atom stereocenters. The van der Waals surface area contributed by atoms with Crippen molar-refractivity contribution in [2.75, 3.05) is 13.7 Å². The quantitative estimate of drug-likeness (QED) is 0.725. The molecule has 3 N–H and O–H groups in total. The van der Waals surface area contributed by atoms with Crippen molar-refractivity contribution in [1.82, 2.24) is 10.6 Å². The lowest BCUT2D eigenvalue weighted by Gasteiger charge is -2.17. The molecule has 1 aromatic rings. The van der Waals surface area contributed by atoms with Gasteiger partial charge < -0.3 is 20.5 Å². The number of carbonyl (C=O) groups is 1. The molecule has 0 saturated carbocycles. The van der Waals surface area contributed by atoms with Crippen LogP contribution in [0.5, 0.6) is 5.75 Å². The number of hydrogen-bond donors (Lipinski definition) is 3. The van der Waals surface area contributed by atoms with Crippen LogP contribution in [0, 0.1) is 11.7 Å². The maximum absolute atomic E-state index is 13.4. The van der Waals surface area contributed by atoms with Gasteiger partial charge in [0.05, 0.1) is 19.3 Å². The van der Waals surface area contributed by atoms with Crippen LogP contribution in [0.25, 0.3) is 0 Å². The van der Waals surface area contributed by atoms with Crippen molar-refractivity contribution >= 4 is 6.03 Å². The summed E-state index contributed by atoms with van der Waals surface area (Å²) in [6.45, 7) is 6.04. The molecule has 0 aliphatic carbocycles. The van der Waals surface area contributed by atoms with Crippen LogP contribution in [0.2, 0.25) is 0 Å². The zero-order valence-electron chi connectivity index (χ0n) is 13.5. The van der Waals surface area contributed by atoms with Gasteiger partial charge in [-0.15, -0.1) is 0 Å². The van der Waals surface area contributed by atoms with E-state index in [2.05, 4.69) is 10.6 Å². The number of ether oxygens (including phenoxy) is 1. The van der Waals surface area contributed by atoms with Gasteiger partial charge in [-0.2, -0.15) is 0 Å². The number of urea groups is 1. The van der Waals surface area contributed by atoms with Crippen molar-refractivity contribution in [3.8, 4) is 5.75 Å². The highest BCUT2D eigenvalue weighted by Gasteiger charge is 2.13. The van der Waals surface area contributed by atoms with E-state index in [9.17, 15) is 14.3 Å². The molecule has 2 unspecified atom stereocenters. The fourth-order valence-electron chi connectivity index (χ4n) is 1.94. The van der Waals surface area contributed by atoms with Crippen molar-refractivity contribution in [2.24, 2.45) is 5.92 Å². The van der Waals surface area contributed by atoms with Gasteiger partial charge in [-0.3, -0.25) is 0 Å². The summed E-state index contributed by atoms with van der Waals surface area (Å²) in [6, 6.07) is 3.86. The minimum absolute atomic E-state index is 0.145. The van der Waals surface area contributed by atoms with Gasteiger partial charge in [-0.25, -0.2) is 9.18 Å². The number of aliphatic hydroxyl groups is 1. The SMILES string of the molecule is COc1cc(C(C)NC(=O)NCCC(O)C(C)C)ccc1F. The molecule has 0 fully saturated rings. The Morgan fingerprint density at radius 1 is 1.36 bits per heavy atom. The molecule has 124 valence electrons. The summed E-state index contributed by atoms with van der Waals surface area (Å²) in [5.74, 6) is -0.132. The van der Waals surface area contributed by atoms with E-state index in [0.717, 1.165) is 5.56 Å². The second kappa shape index (κ2) is 8.58. The Labute approximate surface area is 130 Å². The minimum atomic E-state index is -0.439. The lowest BCUT2D eigenvalue weighted by molar-refractivity contribution is 0.116. The predicted octanol–water partition coefficient (Wildman–Crippen LogP) is 2.60. The largest absolute Gasteiger partial charge is 0.494 e. The molecule has 0 spiro atoms. The third-order valence-electron chi connectivity index (χ3n) is 3.52. The highest BCUT2D eigenvalue weighted by atomic mass is 19.1. The summed E-state index contributed by atoms with van der Waals surface area (Å²) in [6.07, 6.45) is 0.0724. The summed E-state index contributed by atoms with van der Waals surface area (Å²) in [5, 5.41) is 15.1. The molecule has 5 nitrogen and oxygen atoms in total. The standard InChI is InChI=1S/C16H25FN2O3/c1-10(2)14(20)7-8-18-16(21)19-11(3)12-5-6-13(17)15(9-12)22-4/h5-6,9-11,14,20H,7-8H2,1-4H3,(H2,18,19,21). The van der Waals surface area contributed by atoms with Crippen LogP contribution in [0.4, 0.5) is 9.18 Å². The third kappa shape index (κ3) is 5.52. The molecule has 2 amide bonds. The lowest BCUT2D eigenvalue weighted by Crippen LogP contribution is -2.38. The van der Waals surface area contributed by atoms with Gasteiger partial charge in [0.25, 0.3) is 0 Å². The van der Waals surface area contributed by atoms with Crippen LogP contribution in [0.15, 0.2) is 18.2 Å². The van der Waals surface area contributed by atoms with Gasteiger partial charge >= 0.3 is 6.03 Å². The second-order valence-corrected chi connectivity index (χ2v) is 5.62. The summed E-state index contributed by atoms with van der Waals surface area (Å²) < 4.78 is 18.3. The van der Waals surface area contributed by atoms with Gasteiger partial charge in [0.15, 0.2) is 11.6 Å². The monoisotopic (exact) mass is 312 g/mol. The number of nitrogens with one attached hydrogen (secondary N) is 2. The molecule has 0 aliphatic heterocycles. The molecule has 0 heterocycles. The summed E-state index contributed by atoms with van der Waals surface area (Å²) in [7, 11) is 1.40. The molecule has 0 aliphatic rings. The number of benzene rings is 1. The van der Waals surface area contributed by atoms with E-state index in [1.165, 1.54) is 13.2 Å². The van der Waals surface area contributed by atoms with E-state index in [0.29, 0.717) is 13.0 Å². The van der Waals surface area contributed by atoms with E-state index in [1.54, 1.807) is 19.1 Å². The molecule has 0 aromatic heterocycles. The topological polar surface area (TPSA) is 70.6 Å². The molecule has 1 rings (SSSR count). The predicted molar refractivity (Wildman–Crippen MR) is 83.4 cm³/mol. The Kier molecular flexibility index (Phi) is 7.11. The Morgan fingerprint density at radius 2 is 2.05 bits per heavy atom. The number of amides is 2. The van der Waals surface area contributed by atoms with Crippen molar-refractivity contribution in [3.05, 3.63) is 29.6 Å². The van der Waals surface area contributed by atoms with Crippen molar-refractivity contribution in [1.29, 1.82) is 0 Å². The minimum Gasteiger partial charge on any atom is -0.494 e. The highest BCUT2D eigenvalue weighted by Crippen LogP contribution is 2.22. The Balaban J connectivity index is 2.47. The van der Waals surface area contributed by atoms with Crippen molar-refractivity contribution in [3.63, 3.8) is 0 Å². The number of hydrogen-bond acceptors (Lipinski definition) is 3. The van der Waals surface area contributed by atoms with Gasteiger partial charge in [0, 0.05) is 6.54 Å². The first-order valence-electron chi connectivity index (χ1n) is 7.41. The van der Waals surface area contributed by atoms with Crippen molar-refractivity contribution < 1.29 is 19.0 Å². The Bertz CT molecular complexity index is 494. The number of carbonyl (C=O) groups excluding carboxylic acids is 1. The fraction of sp³-hybridized carbons (Fsp3) is 0.562. The van der Waals surface area contributed by atoms with Crippen LogP contribution in [-0.4, -0.2) is 30.9 Å². The van der Waals surface area contributed by atoms with Gasteiger partial charge in [-0.1, -0.05) is 19.9 Å². The van der Waals surface area contributed by atoms with Crippen molar-refractivity contribution in [2.45, 2.75) is 39.3 Å². The zero-order valence-corrected chi connectivity index (χ0v) is 13.5. The maximum Gasteiger partial charge on any atom is 0.315 e. The van der Waals surface area contributed by atoms with Gasteiger partial charge in [-0.05, 0) is 37.0 Å². The van der Waals surface area contributed by atoms with Crippen LogP contribution in [0.3, 0.4) is 0 Å². The number of methoxy groups -OCH3 is 1. The number of aliphatic hydroxyl groups excluding tert-OH is 1. The van der Waals surface area contributed by atoms with Gasteiger partial charge in [0.1, 0.15) is 0 Å². The normalized spacial score (nSPS) is 13.6. The molecule has 0 bridgehead atoms. The summed E-state index contributed by atoms with van der Waals surface area (Å²) in [4.78, 5) is 11.8. The smallest absolute Gasteiger partial charge is 0.315 e. The van der Waals surface area contributed by atoms with Crippen LogP contribution < -0.4 is 15.4 Å². The molecule has 6 heteroatoms. The lowest BCUT2D eigenvalue weighted by atomic mass is 10.0. The van der Waals surface area contributed by atoms with E-state index in [1.807, 2.05) is 13.8 Å². The third-order valence-corrected chi connectivity index (χ3v) is 3.52. The Morgan fingerprint density at radius 3 is 2.64 bits per heavy atom. The zero-order chi connectivity index (χ0) is 16.7. The van der Waals surface area contributed by atoms with E-state index >= 15 is 0 Å². The average Bonchev–Trinajstić information content (AvgIpc) is 2.47. The molecule has 0 saturated heterocycles. The maximum atomic E-state index is 13.4. The van der Waals surface area contributed by atoms with E-state index < -0.39 is 11.9 Å². The van der Waals surface area contributed by atoms with Crippen LogP contribution in [0.1, 0.15) is 38.8 Å². The fourth-order valence-corrected chi connectivity index (χ4v) is 1.94.